The van der Waals surface area contributed by atoms with E-state index in [1.807, 2.05) is 30.3 Å². The first-order valence-electron chi connectivity index (χ1n) is 8.22. The summed E-state index contributed by atoms with van der Waals surface area (Å²) in [6, 6.07) is 12.2. The van der Waals surface area contributed by atoms with Crippen molar-refractivity contribution >= 4 is 11.7 Å². The lowest BCUT2D eigenvalue weighted by Gasteiger charge is -2.10. The van der Waals surface area contributed by atoms with Crippen molar-refractivity contribution in [3.05, 3.63) is 65.1 Å². The fourth-order valence-corrected chi connectivity index (χ4v) is 2.65. The third-order valence-corrected chi connectivity index (χ3v) is 3.91. The van der Waals surface area contributed by atoms with E-state index in [1.165, 1.54) is 6.92 Å². The van der Waals surface area contributed by atoms with Gasteiger partial charge >= 0.3 is 6.18 Å². The predicted octanol–water partition coefficient (Wildman–Crippen LogP) is 3.40. The van der Waals surface area contributed by atoms with Crippen molar-refractivity contribution in [2.45, 2.75) is 33.1 Å². The highest BCUT2D eigenvalue weighted by atomic mass is 19.4. The molecule has 0 bridgehead atoms. The molecule has 1 N–H and O–H groups in total. The molecule has 0 radical (unpaired) electrons. The third-order valence-electron chi connectivity index (χ3n) is 3.91. The van der Waals surface area contributed by atoms with Gasteiger partial charge < -0.3 is 5.32 Å². The Morgan fingerprint density at radius 1 is 1.07 bits per heavy atom. The number of amides is 1. The SMILES string of the molecule is Cc1cc(NC(=O)Cn2nc(C(F)(F)F)cc2C)n(Cc2ccccc2)n1. The van der Waals surface area contributed by atoms with E-state index in [0.29, 0.717) is 12.4 Å². The van der Waals surface area contributed by atoms with Crippen molar-refractivity contribution in [3.8, 4) is 0 Å². The maximum atomic E-state index is 12.7. The molecule has 3 rings (SSSR count). The fraction of sp³-hybridized carbons (Fsp3) is 0.278. The van der Waals surface area contributed by atoms with E-state index < -0.39 is 17.8 Å². The van der Waals surface area contributed by atoms with E-state index >= 15 is 0 Å². The Kier molecular flexibility index (Phi) is 5.02. The van der Waals surface area contributed by atoms with E-state index in [2.05, 4.69) is 15.5 Å². The summed E-state index contributed by atoms with van der Waals surface area (Å²) in [4.78, 5) is 12.3. The number of aryl methyl sites for hydroxylation is 2. The minimum atomic E-state index is -4.54. The summed E-state index contributed by atoms with van der Waals surface area (Å²) in [5.41, 5.74) is 0.967. The van der Waals surface area contributed by atoms with Gasteiger partial charge in [0.15, 0.2) is 5.69 Å². The minimum absolute atomic E-state index is 0.256. The van der Waals surface area contributed by atoms with Crippen molar-refractivity contribution in [1.82, 2.24) is 19.6 Å². The van der Waals surface area contributed by atoms with Gasteiger partial charge in [-0.05, 0) is 25.5 Å². The molecule has 3 aromatic rings. The van der Waals surface area contributed by atoms with Crippen LogP contribution in [0.15, 0.2) is 42.5 Å². The second-order valence-corrected chi connectivity index (χ2v) is 6.19. The molecular formula is C18H18F3N5O. The van der Waals surface area contributed by atoms with Gasteiger partial charge in [0.1, 0.15) is 12.4 Å². The number of nitrogens with zero attached hydrogens (tertiary/aromatic N) is 4. The third kappa shape index (κ3) is 4.55. The summed E-state index contributed by atoms with van der Waals surface area (Å²) in [5, 5.41) is 10.5. The van der Waals surface area contributed by atoms with Crippen molar-refractivity contribution in [1.29, 1.82) is 0 Å². The number of aromatic nitrogens is 4. The highest BCUT2D eigenvalue weighted by molar-refractivity contribution is 5.89. The topological polar surface area (TPSA) is 64.7 Å². The Labute approximate surface area is 153 Å². The number of hydrogen-bond donors (Lipinski definition) is 1. The normalized spacial score (nSPS) is 11.6. The lowest BCUT2D eigenvalue weighted by atomic mass is 10.2. The zero-order valence-electron chi connectivity index (χ0n) is 14.8. The molecule has 1 aromatic carbocycles. The molecule has 0 fully saturated rings. The number of anilines is 1. The van der Waals surface area contributed by atoms with E-state index in [4.69, 9.17) is 0 Å². The zero-order valence-corrected chi connectivity index (χ0v) is 14.8. The van der Waals surface area contributed by atoms with Gasteiger partial charge in [-0.25, -0.2) is 4.68 Å². The second kappa shape index (κ2) is 7.26. The number of rotatable bonds is 5. The molecule has 2 aromatic heterocycles. The monoisotopic (exact) mass is 377 g/mol. The molecule has 142 valence electrons. The van der Waals surface area contributed by atoms with Crippen molar-refractivity contribution in [2.24, 2.45) is 0 Å². The van der Waals surface area contributed by atoms with Crippen LogP contribution >= 0.6 is 0 Å². The Morgan fingerprint density at radius 2 is 1.78 bits per heavy atom. The standard InChI is InChI=1S/C18H18F3N5O/c1-12-8-16(26(23-12)10-14-6-4-3-5-7-14)22-17(27)11-25-13(2)9-15(24-25)18(19,20)21/h3-9H,10-11H2,1-2H3,(H,22,27). The smallest absolute Gasteiger partial charge is 0.309 e. The molecule has 1 amide bonds. The van der Waals surface area contributed by atoms with E-state index in [-0.39, 0.29) is 12.2 Å². The van der Waals surface area contributed by atoms with Crippen LogP contribution in [0.3, 0.4) is 0 Å². The van der Waals surface area contributed by atoms with E-state index in [0.717, 1.165) is 22.0 Å². The molecule has 0 atom stereocenters. The van der Waals surface area contributed by atoms with Gasteiger partial charge in [0.25, 0.3) is 0 Å². The van der Waals surface area contributed by atoms with Crippen molar-refractivity contribution in [2.75, 3.05) is 5.32 Å². The Morgan fingerprint density at radius 3 is 2.41 bits per heavy atom. The molecule has 0 aliphatic rings. The average Bonchev–Trinajstić information content (AvgIpc) is 3.11. The molecule has 9 heteroatoms. The molecule has 6 nitrogen and oxygen atoms in total. The van der Waals surface area contributed by atoms with Crippen LogP contribution in [0.25, 0.3) is 0 Å². The van der Waals surface area contributed by atoms with Gasteiger partial charge in [-0.1, -0.05) is 30.3 Å². The lowest BCUT2D eigenvalue weighted by Crippen LogP contribution is -2.22. The summed E-state index contributed by atoms with van der Waals surface area (Å²) in [6.07, 6.45) is -4.54. The molecule has 0 aliphatic heterocycles. The maximum absolute atomic E-state index is 12.7. The summed E-state index contributed by atoms with van der Waals surface area (Å²) in [6.45, 7) is 3.41. The number of benzene rings is 1. The Balaban J connectivity index is 1.73. The molecule has 27 heavy (non-hydrogen) atoms. The van der Waals surface area contributed by atoms with Gasteiger partial charge in [-0.15, -0.1) is 0 Å². The molecule has 0 spiro atoms. The van der Waals surface area contributed by atoms with Crippen molar-refractivity contribution < 1.29 is 18.0 Å². The summed E-state index contributed by atoms with van der Waals surface area (Å²) >= 11 is 0. The quantitative estimate of drug-likeness (QED) is 0.741. The summed E-state index contributed by atoms with van der Waals surface area (Å²) < 4.78 is 40.9. The summed E-state index contributed by atoms with van der Waals surface area (Å²) in [5.74, 6) is -0.00802. The maximum Gasteiger partial charge on any atom is 0.435 e. The van der Waals surface area contributed by atoms with Crippen LogP contribution < -0.4 is 5.32 Å². The van der Waals surface area contributed by atoms with Crippen LogP contribution in [0.4, 0.5) is 19.0 Å². The largest absolute Gasteiger partial charge is 0.435 e. The van der Waals surface area contributed by atoms with Crippen LogP contribution in [0.1, 0.15) is 22.6 Å². The molecular weight excluding hydrogens is 359 g/mol. The number of hydrogen-bond acceptors (Lipinski definition) is 3. The van der Waals surface area contributed by atoms with Gasteiger partial charge in [0.05, 0.1) is 12.2 Å². The van der Waals surface area contributed by atoms with E-state index in [1.54, 1.807) is 17.7 Å². The van der Waals surface area contributed by atoms with Gasteiger partial charge in [-0.3, -0.25) is 9.48 Å². The Bertz CT molecular complexity index is 944. The highest BCUT2D eigenvalue weighted by Crippen LogP contribution is 2.28. The molecule has 0 unspecified atom stereocenters. The molecule has 0 saturated carbocycles. The molecule has 0 aliphatic carbocycles. The van der Waals surface area contributed by atoms with Gasteiger partial charge in [0.2, 0.25) is 5.91 Å². The average molecular weight is 377 g/mol. The predicted molar refractivity (Wildman–Crippen MR) is 93.1 cm³/mol. The number of nitrogens with one attached hydrogen (secondary N) is 1. The number of alkyl halides is 3. The molecule has 2 heterocycles. The van der Waals surface area contributed by atoms with Crippen molar-refractivity contribution in [3.63, 3.8) is 0 Å². The van der Waals surface area contributed by atoms with Crippen LogP contribution in [0, 0.1) is 13.8 Å². The second-order valence-electron chi connectivity index (χ2n) is 6.19. The first kappa shape index (κ1) is 18.7. The minimum Gasteiger partial charge on any atom is -0.309 e. The zero-order chi connectivity index (χ0) is 19.6. The van der Waals surface area contributed by atoms with Crippen LogP contribution in [-0.4, -0.2) is 25.5 Å². The first-order valence-corrected chi connectivity index (χ1v) is 8.22. The van der Waals surface area contributed by atoms with Gasteiger partial charge in [-0.2, -0.15) is 23.4 Å². The fourth-order valence-electron chi connectivity index (χ4n) is 2.65. The highest BCUT2D eigenvalue weighted by Gasteiger charge is 2.34. The molecule has 0 saturated heterocycles. The lowest BCUT2D eigenvalue weighted by molar-refractivity contribution is -0.141. The number of halogens is 3. The summed E-state index contributed by atoms with van der Waals surface area (Å²) in [7, 11) is 0. The van der Waals surface area contributed by atoms with Crippen LogP contribution in [-0.2, 0) is 24.1 Å². The van der Waals surface area contributed by atoms with Crippen LogP contribution in [0.2, 0.25) is 0 Å². The number of carbonyl (C=O) groups is 1. The number of carbonyl (C=O) groups excluding carboxylic acids is 1. The van der Waals surface area contributed by atoms with Crippen LogP contribution in [0.5, 0.6) is 0 Å². The van der Waals surface area contributed by atoms with Gasteiger partial charge in [0, 0.05) is 11.8 Å². The Hall–Kier alpha value is -3.10. The first-order chi connectivity index (χ1) is 12.7. The van der Waals surface area contributed by atoms with E-state index in [9.17, 15) is 18.0 Å².